The highest BCUT2D eigenvalue weighted by atomic mass is 16.1. The SMILES string of the molecule is CC1CC1CNC(=O)c1cc2cccc(N)c2[nH]1. The van der Waals surface area contributed by atoms with Crippen molar-refractivity contribution in [3.8, 4) is 0 Å². The number of nitrogen functional groups attached to an aromatic ring is 1. The Balaban J connectivity index is 1.77. The van der Waals surface area contributed by atoms with Gasteiger partial charge in [0.15, 0.2) is 0 Å². The zero-order chi connectivity index (χ0) is 12.7. The summed E-state index contributed by atoms with van der Waals surface area (Å²) in [5, 5.41) is 3.93. The smallest absolute Gasteiger partial charge is 0.267 e. The van der Waals surface area contributed by atoms with Gasteiger partial charge in [-0.25, -0.2) is 0 Å². The molecule has 2 aromatic rings. The van der Waals surface area contributed by atoms with E-state index in [1.54, 1.807) is 0 Å². The summed E-state index contributed by atoms with van der Waals surface area (Å²) in [7, 11) is 0. The molecule has 1 aromatic heterocycles. The molecule has 94 valence electrons. The zero-order valence-corrected chi connectivity index (χ0v) is 10.4. The first-order valence-electron chi connectivity index (χ1n) is 6.30. The quantitative estimate of drug-likeness (QED) is 0.723. The molecule has 4 nitrogen and oxygen atoms in total. The molecule has 2 atom stereocenters. The van der Waals surface area contributed by atoms with Gasteiger partial charge in [0, 0.05) is 11.9 Å². The second-order valence-corrected chi connectivity index (χ2v) is 5.18. The number of para-hydroxylation sites is 1. The fraction of sp³-hybridized carbons (Fsp3) is 0.357. The van der Waals surface area contributed by atoms with Gasteiger partial charge in [-0.1, -0.05) is 19.1 Å². The van der Waals surface area contributed by atoms with Crippen LogP contribution in [0.1, 0.15) is 23.8 Å². The first-order chi connectivity index (χ1) is 8.65. The number of hydrogen-bond acceptors (Lipinski definition) is 2. The topological polar surface area (TPSA) is 70.9 Å². The maximum atomic E-state index is 12.0. The van der Waals surface area contributed by atoms with E-state index in [9.17, 15) is 4.79 Å². The van der Waals surface area contributed by atoms with Crippen LogP contribution in [-0.2, 0) is 0 Å². The summed E-state index contributed by atoms with van der Waals surface area (Å²) in [5.74, 6) is 1.36. The number of aromatic amines is 1. The van der Waals surface area contributed by atoms with E-state index in [0.29, 0.717) is 17.3 Å². The minimum atomic E-state index is -0.0512. The van der Waals surface area contributed by atoms with Gasteiger partial charge in [0.05, 0.1) is 11.2 Å². The molecule has 4 N–H and O–H groups in total. The van der Waals surface area contributed by atoms with Crippen molar-refractivity contribution in [1.82, 2.24) is 10.3 Å². The number of benzene rings is 1. The number of nitrogens with one attached hydrogen (secondary N) is 2. The molecule has 0 saturated heterocycles. The molecule has 18 heavy (non-hydrogen) atoms. The van der Waals surface area contributed by atoms with E-state index >= 15 is 0 Å². The Morgan fingerprint density at radius 2 is 2.33 bits per heavy atom. The number of carbonyl (C=O) groups excluding carboxylic acids is 1. The van der Waals surface area contributed by atoms with Gasteiger partial charge in [0.2, 0.25) is 0 Å². The molecule has 0 aliphatic heterocycles. The first kappa shape index (κ1) is 11.1. The van der Waals surface area contributed by atoms with E-state index in [1.165, 1.54) is 6.42 Å². The molecule has 1 aliphatic carbocycles. The molecule has 1 fully saturated rings. The van der Waals surface area contributed by atoms with Crippen LogP contribution >= 0.6 is 0 Å². The Kier molecular flexibility index (Phi) is 2.51. The molecule has 0 bridgehead atoms. The lowest BCUT2D eigenvalue weighted by Crippen LogP contribution is -2.26. The van der Waals surface area contributed by atoms with Crippen LogP contribution in [0.2, 0.25) is 0 Å². The van der Waals surface area contributed by atoms with Gasteiger partial charge in [0.25, 0.3) is 5.91 Å². The molecule has 1 heterocycles. The molecule has 4 heteroatoms. The Hall–Kier alpha value is -1.97. The van der Waals surface area contributed by atoms with Crippen molar-refractivity contribution in [3.63, 3.8) is 0 Å². The molecule has 1 aromatic carbocycles. The van der Waals surface area contributed by atoms with Crippen molar-refractivity contribution < 1.29 is 4.79 Å². The molecule has 2 unspecified atom stereocenters. The lowest BCUT2D eigenvalue weighted by molar-refractivity contribution is 0.0947. The highest BCUT2D eigenvalue weighted by molar-refractivity contribution is 6.00. The zero-order valence-electron chi connectivity index (χ0n) is 10.4. The second-order valence-electron chi connectivity index (χ2n) is 5.18. The van der Waals surface area contributed by atoms with Crippen LogP contribution < -0.4 is 11.1 Å². The molecule has 3 rings (SSSR count). The molecule has 1 saturated carbocycles. The average Bonchev–Trinajstić information content (AvgIpc) is 2.89. The van der Waals surface area contributed by atoms with Crippen LogP contribution in [0.25, 0.3) is 10.9 Å². The molecular formula is C14H17N3O. The Morgan fingerprint density at radius 1 is 1.56 bits per heavy atom. The fourth-order valence-corrected chi connectivity index (χ4v) is 2.30. The maximum absolute atomic E-state index is 12.0. The minimum absolute atomic E-state index is 0.0512. The third-order valence-corrected chi connectivity index (χ3v) is 3.73. The molecule has 1 aliphatic rings. The number of anilines is 1. The minimum Gasteiger partial charge on any atom is -0.397 e. The van der Waals surface area contributed by atoms with Crippen LogP contribution in [0.3, 0.4) is 0 Å². The summed E-state index contributed by atoms with van der Waals surface area (Å²) in [5.41, 5.74) is 7.94. The highest BCUT2D eigenvalue weighted by Gasteiger charge is 2.32. The summed E-state index contributed by atoms with van der Waals surface area (Å²) >= 11 is 0. The van der Waals surface area contributed by atoms with Crippen molar-refractivity contribution in [3.05, 3.63) is 30.0 Å². The van der Waals surface area contributed by atoms with Gasteiger partial charge in [-0.2, -0.15) is 0 Å². The van der Waals surface area contributed by atoms with E-state index in [2.05, 4.69) is 17.2 Å². The van der Waals surface area contributed by atoms with Crippen LogP contribution in [0.4, 0.5) is 5.69 Å². The number of carbonyl (C=O) groups is 1. The van der Waals surface area contributed by atoms with Crippen LogP contribution in [-0.4, -0.2) is 17.4 Å². The van der Waals surface area contributed by atoms with Crippen LogP contribution in [0.5, 0.6) is 0 Å². The first-order valence-corrected chi connectivity index (χ1v) is 6.30. The van der Waals surface area contributed by atoms with Gasteiger partial charge in [-0.3, -0.25) is 4.79 Å². The lowest BCUT2D eigenvalue weighted by atomic mass is 10.2. The normalized spacial score (nSPS) is 22.1. The number of fused-ring (bicyclic) bond motifs is 1. The van der Waals surface area contributed by atoms with Crippen LogP contribution in [0, 0.1) is 11.8 Å². The van der Waals surface area contributed by atoms with Gasteiger partial charge in [-0.05, 0) is 30.4 Å². The molecule has 0 spiro atoms. The fourth-order valence-electron chi connectivity index (χ4n) is 2.30. The maximum Gasteiger partial charge on any atom is 0.267 e. The van der Waals surface area contributed by atoms with Gasteiger partial charge < -0.3 is 16.0 Å². The number of H-pyrrole nitrogens is 1. The van der Waals surface area contributed by atoms with E-state index < -0.39 is 0 Å². The molecule has 0 radical (unpaired) electrons. The predicted molar refractivity (Wildman–Crippen MR) is 72.3 cm³/mol. The lowest BCUT2D eigenvalue weighted by Gasteiger charge is -2.01. The number of aromatic nitrogens is 1. The van der Waals surface area contributed by atoms with Crippen molar-refractivity contribution >= 4 is 22.5 Å². The number of hydrogen-bond donors (Lipinski definition) is 3. The van der Waals surface area contributed by atoms with Gasteiger partial charge >= 0.3 is 0 Å². The summed E-state index contributed by atoms with van der Waals surface area (Å²) in [6, 6.07) is 7.50. The Bertz CT molecular complexity index is 602. The Morgan fingerprint density at radius 3 is 3.00 bits per heavy atom. The summed E-state index contributed by atoms with van der Waals surface area (Å²) in [6.45, 7) is 2.98. The summed E-state index contributed by atoms with van der Waals surface area (Å²) in [4.78, 5) is 15.1. The number of amides is 1. The number of nitrogens with two attached hydrogens (primary N) is 1. The van der Waals surface area contributed by atoms with E-state index in [4.69, 9.17) is 5.73 Å². The van der Waals surface area contributed by atoms with E-state index in [-0.39, 0.29) is 5.91 Å². The van der Waals surface area contributed by atoms with Crippen molar-refractivity contribution in [2.24, 2.45) is 11.8 Å². The standard InChI is InChI=1S/C14H17N3O/c1-8-5-10(8)7-16-14(18)12-6-9-3-2-4-11(15)13(9)17-12/h2-4,6,8,10,17H,5,7,15H2,1H3,(H,16,18). The van der Waals surface area contributed by atoms with Crippen LogP contribution in [0.15, 0.2) is 24.3 Å². The average molecular weight is 243 g/mol. The van der Waals surface area contributed by atoms with Gasteiger partial charge in [-0.15, -0.1) is 0 Å². The molecule has 1 amide bonds. The third-order valence-electron chi connectivity index (χ3n) is 3.73. The highest BCUT2D eigenvalue weighted by Crippen LogP contribution is 2.36. The predicted octanol–water partition coefficient (Wildman–Crippen LogP) is 2.14. The monoisotopic (exact) mass is 243 g/mol. The largest absolute Gasteiger partial charge is 0.397 e. The van der Waals surface area contributed by atoms with Crippen molar-refractivity contribution in [2.75, 3.05) is 12.3 Å². The van der Waals surface area contributed by atoms with Gasteiger partial charge in [0.1, 0.15) is 5.69 Å². The van der Waals surface area contributed by atoms with Crippen molar-refractivity contribution in [1.29, 1.82) is 0 Å². The molecular weight excluding hydrogens is 226 g/mol. The third kappa shape index (κ3) is 1.94. The Labute approximate surface area is 106 Å². The van der Waals surface area contributed by atoms with Crippen molar-refractivity contribution in [2.45, 2.75) is 13.3 Å². The summed E-state index contributed by atoms with van der Waals surface area (Å²) in [6.07, 6.45) is 1.22. The van der Waals surface area contributed by atoms with E-state index in [1.807, 2.05) is 24.3 Å². The van der Waals surface area contributed by atoms with E-state index in [0.717, 1.165) is 23.4 Å². The second kappa shape index (κ2) is 4.05. The summed E-state index contributed by atoms with van der Waals surface area (Å²) < 4.78 is 0. The number of rotatable bonds is 3.